The van der Waals surface area contributed by atoms with E-state index < -0.39 is 8.07 Å². The monoisotopic (exact) mass is 235 g/mol. The molecule has 1 heterocycles. The van der Waals surface area contributed by atoms with E-state index in [2.05, 4.69) is 36.1 Å². The van der Waals surface area contributed by atoms with E-state index in [-0.39, 0.29) is 0 Å². The molecule has 2 fully saturated rings. The average Bonchev–Trinajstić information content (AvgIpc) is 2.25. The first kappa shape index (κ1) is 12.0. The number of rotatable bonds is 0. The normalized spacial score (nSPS) is 30.3. The maximum absolute atomic E-state index is 3.54. The number of likely N-dealkylation sites (tertiary alicyclic amines) is 1. The zero-order valence-electron chi connectivity index (χ0n) is 11.1. The van der Waals surface area contributed by atoms with Crippen molar-refractivity contribution in [3.63, 3.8) is 0 Å². The SMILES string of the molecule is C[Si](C)(C)C#CN1CCCC2CCCCC21. The van der Waals surface area contributed by atoms with Crippen LogP contribution in [0.15, 0.2) is 0 Å². The first-order valence-corrected chi connectivity index (χ1v) is 10.4. The van der Waals surface area contributed by atoms with Crippen molar-refractivity contribution in [1.29, 1.82) is 0 Å². The van der Waals surface area contributed by atoms with Gasteiger partial charge in [-0.3, -0.25) is 0 Å². The van der Waals surface area contributed by atoms with Gasteiger partial charge in [-0.25, -0.2) is 0 Å². The Balaban J connectivity index is 2.04. The fraction of sp³-hybridized carbons (Fsp3) is 0.857. The van der Waals surface area contributed by atoms with Crippen LogP contribution in [0.4, 0.5) is 0 Å². The van der Waals surface area contributed by atoms with Crippen LogP contribution in [0.25, 0.3) is 0 Å². The highest BCUT2D eigenvalue weighted by Gasteiger charge is 2.32. The van der Waals surface area contributed by atoms with E-state index in [0.717, 1.165) is 12.0 Å². The molecule has 0 radical (unpaired) electrons. The van der Waals surface area contributed by atoms with E-state index in [1.165, 1.54) is 45.1 Å². The Morgan fingerprint density at radius 3 is 2.44 bits per heavy atom. The second-order valence-corrected chi connectivity index (χ2v) is 11.2. The summed E-state index contributed by atoms with van der Waals surface area (Å²) in [6.45, 7) is 8.23. The van der Waals surface area contributed by atoms with E-state index >= 15 is 0 Å². The Kier molecular flexibility index (Phi) is 3.64. The molecule has 16 heavy (non-hydrogen) atoms. The van der Waals surface area contributed by atoms with Gasteiger partial charge in [0.2, 0.25) is 0 Å². The first-order chi connectivity index (χ1) is 7.56. The highest BCUT2D eigenvalue weighted by molar-refractivity contribution is 6.83. The van der Waals surface area contributed by atoms with Crippen LogP contribution < -0.4 is 0 Å². The van der Waals surface area contributed by atoms with Crippen molar-refractivity contribution in [3.05, 3.63) is 0 Å². The standard InChI is InChI=1S/C14H25NSi/c1-16(2,3)12-11-15-10-6-8-13-7-4-5-9-14(13)15/h13-14H,4-10H2,1-3H3. The molecule has 90 valence electrons. The molecule has 0 bridgehead atoms. The molecular formula is C14H25NSi. The van der Waals surface area contributed by atoms with E-state index in [0.29, 0.717) is 0 Å². The first-order valence-electron chi connectivity index (χ1n) is 6.86. The molecule has 2 rings (SSSR count). The van der Waals surface area contributed by atoms with Crippen LogP contribution in [0, 0.1) is 17.5 Å². The predicted molar refractivity (Wildman–Crippen MR) is 72.8 cm³/mol. The Hall–Kier alpha value is -0.423. The van der Waals surface area contributed by atoms with Crippen molar-refractivity contribution >= 4 is 8.07 Å². The molecule has 2 aliphatic rings. The van der Waals surface area contributed by atoms with E-state index in [1.54, 1.807) is 0 Å². The van der Waals surface area contributed by atoms with Gasteiger partial charge in [-0.15, -0.1) is 5.54 Å². The molecule has 0 spiro atoms. The number of piperidine rings is 1. The minimum atomic E-state index is -1.20. The van der Waals surface area contributed by atoms with Gasteiger partial charge in [0, 0.05) is 18.6 Å². The predicted octanol–water partition coefficient (Wildman–Crippen LogP) is 3.48. The lowest BCUT2D eigenvalue weighted by Crippen LogP contribution is -2.44. The molecule has 1 aliphatic carbocycles. The van der Waals surface area contributed by atoms with E-state index in [1.807, 2.05) is 0 Å². The number of nitrogens with zero attached hydrogens (tertiary/aromatic N) is 1. The summed E-state index contributed by atoms with van der Waals surface area (Å²) < 4.78 is 0. The average molecular weight is 235 g/mol. The summed E-state index contributed by atoms with van der Waals surface area (Å²) in [5, 5.41) is 0. The van der Waals surface area contributed by atoms with Gasteiger partial charge in [0.1, 0.15) is 8.07 Å². The molecule has 1 nitrogen and oxygen atoms in total. The lowest BCUT2D eigenvalue weighted by Gasteiger charge is -2.42. The number of hydrogen-bond donors (Lipinski definition) is 0. The van der Waals surface area contributed by atoms with Gasteiger partial charge >= 0.3 is 0 Å². The summed E-state index contributed by atoms with van der Waals surface area (Å²) in [4.78, 5) is 2.49. The second-order valence-electron chi connectivity index (χ2n) is 6.43. The molecule has 2 atom stereocenters. The number of hydrogen-bond acceptors (Lipinski definition) is 1. The maximum atomic E-state index is 3.54. The zero-order valence-corrected chi connectivity index (χ0v) is 12.1. The molecule has 1 aliphatic heterocycles. The molecular weight excluding hydrogens is 210 g/mol. The van der Waals surface area contributed by atoms with Crippen molar-refractivity contribution in [2.75, 3.05) is 6.54 Å². The second kappa shape index (κ2) is 4.83. The molecule has 2 unspecified atom stereocenters. The Morgan fingerprint density at radius 2 is 1.69 bits per heavy atom. The van der Waals surface area contributed by atoms with Crippen LogP contribution >= 0.6 is 0 Å². The van der Waals surface area contributed by atoms with Gasteiger partial charge < -0.3 is 4.90 Å². The zero-order chi connectivity index (χ0) is 11.6. The van der Waals surface area contributed by atoms with Crippen molar-refractivity contribution in [2.24, 2.45) is 5.92 Å². The van der Waals surface area contributed by atoms with Gasteiger partial charge in [0.05, 0.1) is 0 Å². The summed E-state index contributed by atoms with van der Waals surface area (Å²) in [5.41, 5.74) is 3.54. The summed E-state index contributed by atoms with van der Waals surface area (Å²) in [6, 6.07) is 4.30. The third-order valence-corrected chi connectivity index (χ3v) is 4.68. The van der Waals surface area contributed by atoms with Crippen molar-refractivity contribution in [3.8, 4) is 11.6 Å². The molecule has 0 aromatic rings. The summed E-state index contributed by atoms with van der Waals surface area (Å²) in [6.07, 6.45) is 8.54. The molecule has 0 aromatic heterocycles. The quantitative estimate of drug-likeness (QED) is 0.459. The highest BCUT2D eigenvalue weighted by atomic mass is 28.3. The van der Waals surface area contributed by atoms with Crippen LogP contribution in [0.1, 0.15) is 38.5 Å². The molecule has 0 aromatic carbocycles. The number of fused-ring (bicyclic) bond motifs is 1. The minimum absolute atomic E-state index is 0.798. The molecule has 2 heteroatoms. The largest absolute Gasteiger partial charge is 0.330 e. The Morgan fingerprint density at radius 1 is 1.00 bits per heavy atom. The third kappa shape index (κ3) is 3.04. The van der Waals surface area contributed by atoms with Crippen LogP contribution in [0.3, 0.4) is 0 Å². The van der Waals surface area contributed by atoms with E-state index in [9.17, 15) is 0 Å². The van der Waals surface area contributed by atoms with Gasteiger partial charge in [-0.05, 0) is 31.6 Å². The molecule has 1 saturated carbocycles. The van der Waals surface area contributed by atoms with Crippen LogP contribution in [-0.2, 0) is 0 Å². The van der Waals surface area contributed by atoms with Gasteiger partial charge in [-0.2, -0.15) is 0 Å². The van der Waals surface area contributed by atoms with Crippen molar-refractivity contribution in [1.82, 2.24) is 4.90 Å². The van der Waals surface area contributed by atoms with Gasteiger partial charge in [-0.1, -0.05) is 32.5 Å². The van der Waals surface area contributed by atoms with Crippen molar-refractivity contribution in [2.45, 2.75) is 64.2 Å². The van der Waals surface area contributed by atoms with Gasteiger partial charge in [0.15, 0.2) is 0 Å². The Bertz CT molecular complexity index is 292. The summed E-state index contributed by atoms with van der Waals surface area (Å²) in [7, 11) is -1.20. The Labute approximate surface area is 102 Å². The third-order valence-electron chi connectivity index (χ3n) is 3.82. The summed E-state index contributed by atoms with van der Waals surface area (Å²) in [5.74, 6) is 0.957. The van der Waals surface area contributed by atoms with E-state index in [4.69, 9.17) is 0 Å². The lowest BCUT2D eigenvalue weighted by molar-refractivity contribution is 0.111. The molecule has 0 N–H and O–H groups in total. The molecule has 1 saturated heterocycles. The maximum Gasteiger partial charge on any atom is 0.131 e. The highest BCUT2D eigenvalue weighted by Crippen LogP contribution is 2.34. The molecule has 0 amide bonds. The van der Waals surface area contributed by atoms with Crippen LogP contribution in [0.2, 0.25) is 19.6 Å². The van der Waals surface area contributed by atoms with Crippen LogP contribution in [-0.4, -0.2) is 25.6 Å². The topological polar surface area (TPSA) is 3.24 Å². The van der Waals surface area contributed by atoms with Crippen molar-refractivity contribution < 1.29 is 0 Å². The lowest BCUT2D eigenvalue weighted by atomic mass is 9.78. The fourth-order valence-corrected chi connectivity index (χ4v) is 3.48. The summed E-state index contributed by atoms with van der Waals surface area (Å²) >= 11 is 0. The minimum Gasteiger partial charge on any atom is -0.330 e. The van der Waals surface area contributed by atoms with Gasteiger partial charge in [0.25, 0.3) is 0 Å². The smallest absolute Gasteiger partial charge is 0.131 e. The van der Waals surface area contributed by atoms with Crippen LogP contribution in [0.5, 0.6) is 0 Å². The fourth-order valence-electron chi connectivity index (χ4n) is 3.00.